The number of halogens is 3. The third-order valence-electron chi connectivity index (χ3n) is 3.65. The lowest BCUT2D eigenvalue weighted by molar-refractivity contribution is -0.137. The second kappa shape index (κ2) is 5.12. The van der Waals surface area contributed by atoms with Crippen molar-refractivity contribution in [3.8, 4) is 5.69 Å². The summed E-state index contributed by atoms with van der Waals surface area (Å²) in [5.74, 6) is 0.648. The van der Waals surface area contributed by atoms with E-state index in [9.17, 15) is 13.2 Å². The number of aryl methyl sites for hydroxylation is 2. The minimum Gasteiger partial charge on any atom is -0.296 e. The number of alkyl halides is 3. The number of hydrogen-bond donors (Lipinski definition) is 0. The quantitative estimate of drug-likeness (QED) is 0.706. The van der Waals surface area contributed by atoms with E-state index in [0.29, 0.717) is 16.9 Å². The average molecular weight is 305 g/mol. The van der Waals surface area contributed by atoms with E-state index < -0.39 is 11.7 Å². The lowest BCUT2D eigenvalue weighted by atomic mass is 10.1. The van der Waals surface area contributed by atoms with Crippen LogP contribution in [-0.2, 0) is 12.6 Å². The van der Waals surface area contributed by atoms with Crippen molar-refractivity contribution in [2.75, 3.05) is 0 Å². The summed E-state index contributed by atoms with van der Waals surface area (Å²) in [6.07, 6.45) is -0.144. The highest BCUT2D eigenvalue weighted by Crippen LogP contribution is 2.32. The highest BCUT2D eigenvalue weighted by molar-refractivity contribution is 5.79. The van der Waals surface area contributed by atoms with E-state index in [0.717, 1.165) is 29.8 Å². The van der Waals surface area contributed by atoms with Crippen LogP contribution in [0.25, 0.3) is 16.7 Å². The maximum Gasteiger partial charge on any atom is 0.416 e. The standard InChI is InChI=1S/C16H14F3N3/c1-3-11-9-20-7-6-14(11)22-10(2)21-13-8-12(16(17,18)19)4-5-15(13)22/h4-9H,3H2,1-2H3. The summed E-state index contributed by atoms with van der Waals surface area (Å²) in [5.41, 5.74) is 2.23. The number of fused-ring (bicyclic) bond motifs is 1. The lowest BCUT2D eigenvalue weighted by Crippen LogP contribution is -2.05. The molecule has 114 valence electrons. The van der Waals surface area contributed by atoms with Crippen LogP contribution in [0.4, 0.5) is 13.2 Å². The van der Waals surface area contributed by atoms with Gasteiger partial charge in [0.15, 0.2) is 0 Å². The first-order valence-corrected chi connectivity index (χ1v) is 6.91. The molecule has 3 rings (SSSR count). The Labute approximate surface area is 125 Å². The van der Waals surface area contributed by atoms with Gasteiger partial charge in [-0.15, -0.1) is 0 Å². The predicted molar refractivity (Wildman–Crippen MR) is 78.0 cm³/mol. The number of nitrogens with zero attached hydrogens (tertiary/aromatic N) is 3. The first kappa shape index (κ1) is 14.6. The van der Waals surface area contributed by atoms with Gasteiger partial charge in [-0.1, -0.05) is 6.92 Å². The van der Waals surface area contributed by atoms with E-state index >= 15 is 0 Å². The Balaban J connectivity index is 2.25. The molecule has 0 atom stereocenters. The molecule has 0 aliphatic carbocycles. The number of hydrogen-bond acceptors (Lipinski definition) is 2. The minimum atomic E-state index is -4.36. The van der Waals surface area contributed by atoms with Crippen LogP contribution in [0.15, 0.2) is 36.7 Å². The van der Waals surface area contributed by atoms with Crippen molar-refractivity contribution >= 4 is 11.0 Å². The molecule has 1 aromatic carbocycles. The number of rotatable bonds is 2. The average Bonchev–Trinajstić information content (AvgIpc) is 2.81. The van der Waals surface area contributed by atoms with Crippen LogP contribution in [0, 0.1) is 6.92 Å². The van der Waals surface area contributed by atoms with Gasteiger partial charge in [-0.25, -0.2) is 4.98 Å². The molecule has 0 unspecified atom stereocenters. The van der Waals surface area contributed by atoms with Gasteiger partial charge in [0.05, 0.1) is 22.3 Å². The van der Waals surface area contributed by atoms with Gasteiger partial charge in [-0.3, -0.25) is 9.55 Å². The van der Waals surface area contributed by atoms with Crippen molar-refractivity contribution in [2.24, 2.45) is 0 Å². The van der Waals surface area contributed by atoms with Gasteiger partial charge in [-0.05, 0) is 43.2 Å². The van der Waals surface area contributed by atoms with Crippen LogP contribution < -0.4 is 0 Å². The van der Waals surface area contributed by atoms with Crippen LogP contribution in [0.2, 0.25) is 0 Å². The van der Waals surface area contributed by atoms with Gasteiger partial charge in [0.25, 0.3) is 0 Å². The smallest absolute Gasteiger partial charge is 0.296 e. The third kappa shape index (κ3) is 2.34. The minimum absolute atomic E-state index is 0.339. The van der Waals surface area contributed by atoms with Gasteiger partial charge in [-0.2, -0.15) is 13.2 Å². The molecule has 3 aromatic rings. The zero-order valence-corrected chi connectivity index (χ0v) is 12.1. The maximum absolute atomic E-state index is 12.8. The fourth-order valence-corrected chi connectivity index (χ4v) is 2.59. The highest BCUT2D eigenvalue weighted by Gasteiger charge is 2.31. The van der Waals surface area contributed by atoms with Crippen LogP contribution >= 0.6 is 0 Å². The monoisotopic (exact) mass is 305 g/mol. The molecular formula is C16H14F3N3. The molecule has 0 radical (unpaired) electrons. The summed E-state index contributed by atoms with van der Waals surface area (Å²) in [6.45, 7) is 3.80. The third-order valence-corrected chi connectivity index (χ3v) is 3.65. The number of aromatic nitrogens is 3. The van der Waals surface area contributed by atoms with Crippen molar-refractivity contribution < 1.29 is 13.2 Å². The summed E-state index contributed by atoms with van der Waals surface area (Å²) in [5, 5.41) is 0. The van der Waals surface area contributed by atoms with E-state index in [1.165, 1.54) is 6.07 Å². The van der Waals surface area contributed by atoms with Crippen molar-refractivity contribution in [3.63, 3.8) is 0 Å². The molecule has 0 bridgehead atoms. The Morgan fingerprint density at radius 3 is 2.64 bits per heavy atom. The van der Waals surface area contributed by atoms with Crippen molar-refractivity contribution in [1.82, 2.24) is 14.5 Å². The van der Waals surface area contributed by atoms with Gasteiger partial charge in [0.2, 0.25) is 0 Å². The fraction of sp³-hybridized carbons (Fsp3) is 0.250. The first-order chi connectivity index (χ1) is 10.4. The first-order valence-electron chi connectivity index (χ1n) is 6.91. The van der Waals surface area contributed by atoms with Gasteiger partial charge in [0, 0.05) is 12.4 Å². The van der Waals surface area contributed by atoms with E-state index in [4.69, 9.17) is 0 Å². The van der Waals surface area contributed by atoms with Crippen molar-refractivity contribution in [2.45, 2.75) is 26.4 Å². The Morgan fingerprint density at radius 1 is 1.18 bits per heavy atom. The van der Waals surface area contributed by atoms with Gasteiger partial charge < -0.3 is 0 Å². The number of imidazole rings is 1. The molecule has 0 aliphatic heterocycles. The van der Waals surface area contributed by atoms with Gasteiger partial charge in [0.1, 0.15) is 5.82 Å². The Kier molecular flexibility index (Phi) is 3.39. The second-order valence-electron chi connectivity index (χ2n) is 5.05. The summed E-state index contributed by atoms with van der Waals surface area (Å²) in [6, 6.07) is 5.50. The van der Waals surface area contributed by atoms with E-state index in [2.05, 4.69) is 9.97 Å². The SMILES string of the molecule is CCc1cnccc1-n1c(C)nc2cc(C(F)(F)F)ccc21. The summed E-state index contributed by atoms with van der Waals surface area (Å²) >= 11 is 0. The summed E-state index contributed by atoms with van der Waals surface area (Å²) < 4.78 is 40.3. The summed E-state index contributed by atoms with van der Waals surface area (Å²) in [7, 11) is 0. The van der Waals surface area contributed by atoms with Crippen LogP contribution in [0.3, 0.4) is 0 Å². The zero-order valence-electron chi connectivity index (χ0n) is 12.1. The summed E-state index contributed by atoms with van der Waals surface area (Å²) in [4.78, 5) is 8.38. The maximum atomic E-state index is 12.8. The Morgan fingerprint density at radius 2 is 1.95 bits per heavy atom. The normalized spacial score (nSPS) is 12.0. The van der Waals surface area contributed by atoms with E-state index in [1.54, 1.807) is 19.3 Å². The topological polar surface area (TPSA) is 30.7 Å². The van der Waals surface area contributed by atoms with Crippen LogP contribution in [-0.4, -0.2) is 14.5 Å². The second-order valence-corrected chi connectivity index (χ2v) is 5.05. The van der Waals surface area contributed by atoms with E-state index in [-0.39, 0.29) is 0 Å². The largest absolute Gasteiger partial charge is 0.416 e. The molecular weight excluding hydrogens is 291 g/mol. The molecule has 2 heterocycles. The molecule has 0 N–H and O–H groups in total. The number of pyridine rings is 1. The van der Waals surface area contributed by atoms with Gasteiger partial charge >= 0.3 is 6.18 Å². The molecule has 0 saturated heterocycles. The lowest BCUT2D eigenvalue weighted by Gasteiger charge is -2.11. The molecule has 6 heteroatoms. The molecule has 0 fully saturated rings. The van der Waals surface area contributed by atoms with E-state index in [1.807, 2.05) is 17.6 Å². The molecule has 3 nitrogen and oxygen atoms in total. The Bertz CT molecular complexity index is 834. The number of benzene rings is 1. The van der Waals surface area contributed by atoms with Crippen molar-refractivity contribution in [1.29, 1.82) is 0 Å². The highest BCUT2D eigenvalue weighted by atomic mass is 19.4. The fourth-order valence-electron chi connectivity index (χ4n) is 2.59. The molecule has 22 heavy (non-hydrogen) atoms. The van der Waals surface area contributed by atoms with Crippen LogP contribution in [0.1, 0.15) is 23.9 Å². The molecule has 2 aromatic heterocycles. The predicted octanol–water partition coefficient (Wildman–Crippen LogP) is 4.31. The van der Waals surface area contributed by atoms with Crippen molar-refractivity contribution in [3.05, 3.63) is 53.6 Å². The van der Waals surface area contributed by atoms with Crippen LogP contribution in [0.5, 0.6) is 0 Å². The Hall–Kier alpha value is -2.37. The molecule has 0 spiro atoms. The molecule has 0 amide bonds. The molecule has 0 aliphatic rings. The molecule has 0 saturated carbocycles. The zero-order chi connectivity index (χ0) is 15.9.